The number of nitrogens with zero attached hydrogens (tertiary/aromatic N) is 2. The molecule has 0 saturated carbocycles. The summed E-state index contributed by atoms with van der Waals surface area (Å²) < 4.78 is 19.9. The second kappa shape index (κ2) is 12.5. The number of halogens is 1. The Morgan fingerprint density at radius 1 is 1.07 bits per heavy atom. The third-order valence-corrected chi connectivity index (χ3v) is 8.50. The van der Waals surface area contributed by atoms with Crippen LogP contribution in [0.1, 0.15) is 47.7 Å². The number of fused-ring (bicyclic) bond motifs is 1. The summed E-state index contributed by atoms with van der Waals surface area (Å²) >= 11 is 4.90. The number of rotatable bonds is 8. The number of carbonyl (C=O) groups is 1. The van der Waals surface area contributed by atoms with Crippen molar-refractivity contribution in [2.75, 3.05) is 13.7 Å². The van der Waals surface area contributed by atoms with Gasteiger partial charge in [-0.3, -0.25) is 9.36 Å². The van der Waals surface area contributed by atoms with Gasteiger partial charge in [0.25, 0.3) is 5.56 Å². The number of thiazole rings is 1. The molecule has 7 nitrogen and oxygen atoms in total. The van der Waals surface area contributed by atoms with E-state index in [1.54, 1.807) is 31.6 Å². The zero-order valence-electron chi connectivity index (χ0n) is 24.1. The Hall–Kier alpha value is -3.95. The molecular weight excluding hydrogens is 616 g/mol. The molecule has 4 aromatic rings. The van der Waals surface area contributed by atoms with Crippen LogP contribution in [0.3, 0.4) is 0 Å². The molecule has 1 aliphatic heterocycles. The Labute approximate surface area is 256 Å². The van der Waals surface area contributed by atoms with Crippen molar-refractivity contribution in [3.05, 3.63) is 124 Å². The van der Waals surface area contributed by atoms with Gasteiger partial charge in [0.2, 0.25) is 0 Å². The third kappa shape index (κ3) is 5.98. The van der Waals surface area contributed by atoms with Crippen LogP contribution < -0.4 is 24.4 Å². The lowest BCUT2D eigenvalue weighted by Gasteiger charge is -2.24. The largest absolute Gasteiger partial charge is 0.493 e. The van der Waals surface area contributed by atoms with Crippen LogP contribution in [0.25, 0.3) is 6.08 Å². The Balaban J connectivity index is 1.57. The highest BCUT2D eigenvalue weighted by Gasteiger charge is 2.33. The predicted molar refractivity (Wildman–Crippen MR) is 168 cm³/mol. The molecule has 0 bridgehead atoms. The number of carbonyl (C=O) groups excluding carboxylic acids is 1. The highest BCUT2D eigenvalue weighted by atomic mass is 79.9. The first-order chi connectivity index (χ1) is 20.2. The summed E-state index contributed by atoms with van der Waals surface area (Å²) in [6.07, 6.45) is 1.80. The molecular formula is C33H31BrN2O5S. The number of methoxy groups -OCH3 is 1. The van der Waals surface area contributed by atoms with Gasteiger partial charge in [-0.1, -0.05) is 71.0 Å². The van der Waals surface area contributed by atoms with Crippen molar-refractivity contribution < 1.29 is 19.0 Å². The third-order valence-electron chi connectivity index (χ3n) is 6.93. The molecule has 3 aromatic carbocycles. The molecule has 0 aliphatic carbocycles. The molecule has 1 aromatic heterocycles. The van der Waals surface area contributed by atoms with Gasteiger partial charge in [0.1, 0.15) is 6.61 Å². The van der Waals surface area contributed by atoms with Gasteiger partial charge in [-0.15, -0.1) is 0 Å². The van der Waals surface area contributed by atoms with Crippen molar-refractivity contribution in [2.45, 2.75) is 40.3 Å². The molecule has 5 rings (SSSR count). The number of ether oxygens (including phenoxy) is 3. The minimum absolute atomic E-state index is 0.224. The maximum Gasteiger partial charge on any atom is 0.338 e. The second-order valence-corrected chi connectivity index (χ2v) is 11.9. The van der Waals surface area contributed by atoms with Crippen LogP contribution in [0.15, 0.2) is 86.2 Å². The van der Waals surface area contributed by atoms with Crippen molar-refractivity contribution in [2.24, 2.45) is 4.99 Å². The van der Waals surface area contributed by atoms with E-state index in [0.29, 0.717) is 43.2 Å². The average Bonchev–Trinajstić information content (AvgIpc) is 3.26. The molecule has 1 atom stereocenters. The Morgan fingerprint density at radius 2 is 1.83 bits per heavy atom. The van der Waals surface area contributed by atoms with Crippen LogP contribution in [0.2, 0.25) is 0 Å². The van der Waals surface area contributed by atoms with E-state index in [0.717, 1.165) is 27.8 Å². The number of aryl methyl sites for hydroxylation is 2. The Bertz CT molecular complexity index is 1870. The van der Waals surface area contributed by atoms with E-state index >= 15 is 0 Å². The molecule has 42 heavy (non-hydrogen) atoms. The minimum Gasteiger partial charge on any atom is -0.493 e. The van der Waals surface area contributed by atoms with Crippen molar-refractivity contribution >= 4 is 39.3 Å². The summed E-state index contributed by atoms with van der Waals surface area (Å²) in [5.41, 5.74) is 5.50. The zero-order chi connectivity index (χ0) is 30.0. The summed E-state index contributed by atoms with van der Waals surface area (Å²) in [6, 6.07) is 19.0. The molecule has 0 saturated heterocycles. The van der Waals surface area contributed by atoms with Crippen molar-refractivity contribution in [3.63, 3.8) is 0 Å². The molecule has 0 amide bonds. The first kappa shape index (κ1) is 29.5. The monoisotopic (exact) mass is 646 g/mol. The van der Waals surface area contributed by atoms with Crippen molar-refractivity contribution in [1.29, 1.82) is 0 Å². The van der Waals surface area contributed by atoms with Crippen LogP contribution in [-0.2, 0) is 16.1 Å². The van der Waals surface area contributed by atoms with E-state index in [9.17, 15) is 9.59 Å². The fourth-order valence-electron chi connectivity index (χ4n) is 4.93. The highest BCUT2D eigenvalue weighted by Crippen LogP contribution is 2.37. The van der Waals surface area contributed by atoms with Gasteiger partial charge in [-0.05, 0) is 78.5 Å². The fraction of sp³-hybridized carbons (Fsp3) is 0.242. The molecule has 2 heterocycles. The SMILES string of the molecule is CCOC(=O)C1=C(C)N=c2s/c(=C/c3cc(Br)c(OCc4cccc(C)c4)c(OC)c3)c(=O)n2[C@@H]1c1ccc(C)cc1. The van der Waals surface area contributed by atoms with Gasteiger partial charge in [0.05, 0.1) is 40.0 Å². The average molecular weight is 648 g/mol. The molecule has 0 fully saturated rings. The molecule has 216 valence electrons. The van der Waals surface area contributed by atoms with Crippen molar-refractivity contribution in [1.82, 2.24) is 4.57 Å². The van der Waals surface area contributed by atoms with E-state index in [2.05, 4.69) is 27.0 Å². The Morgan fingerprint density at radius 3 is 2.52 bits per heavy atom. The van der Waals surface area contributed by atoms with E-state index in [1.807, 2.05) is 68.4 Å². The van der Waals surface area contributed by atoms with Gasteiger partial charge in [0, 0.05) is 0 Å². The van der Waals surface area contributed by atoms with Gasteiger partial charge in [0.15, 0.2) is 16.3 Å². The zero-order valence-corrected chi connectivity index (χ0v) is 26.5. The number of allylic oxidation sites excluding steroid dienone is 1. The van der Waals surface area contributed by atoms with Crippen LogP contribution in [-0.4, -0.2) is 24.3 Å². The number of benzene rings is 3. The minimum atomic E-state index is -0.651. The number of esters is 1. The van der Waals surface area contributed by atoms with Crippen molar-refractivity contribution in [3.8, 4) is 11.5 Å². The maximum absolute atomic E-state index is 13.9. The molecule has 0 unspecified atom stereocenters. The number of hydrogen-bond acceptors (Lipinski definition) is 7. The lowest BCUT2D eigenvalue weighted by atomic mass is 9.95. The topological polar surface area (TPSA) is 79.1 Å². The Kier molecular flexibility index (Phi) is 8.80. The highest BCUT2D eigenvalue weighted by molar-refractivity contribution is 9.10. The van der Waals surface area contributed by atoms with Gasteiger partial charge < -0.3 is 14.2 Å². The smallest absolute Gasteiger partial charge is 0.338 e. The van der Waals surface area contributed by atoms with E-state index in [4.69, 9.17) is 14.2 Å². The summed E-state index contributed by atoms with van der Waals surface area (Å²) in [4.78, 5) is 32.2. The van der Waals surface area contributed by atoms with Crippen LogP contribution in [0.4, 0.5) is 0 Å². The lowest BCUT2D eigenvalue weighted by Crippen LogP contribution is -2.39. The van der Waals surface area contributed by atoms with Gasteiger partial charge in [-0.2, -0.15) is 0 Å². The van der Waals surface area contributed by atoms with Crippen LogP contribution in [0, 0.1) is 13.8 Å². The van der Waals surface area contributed by atoms with Gasteiger partial charge >= 0.3 is 5.97 Å². The summed E-state index contributed by atoms with van der Waals surface area (Å²) in [5, 5.41) is 0. The molecule has 0 spiro atoms. The molecule has 0 N–H and O–H groups in total. The fourth-order valence-corrected chi connectivity index (χ4v) is 6.55. The van der Waals surface area contributed by atoms with E-state index in [1.165, 1.54) is 11.3 Å². The molecule has 9 heteroatoms. The van der Waals surface area contributed by atoms with E-state index < -0.39 is 12.0 Å². The molecule has 0 radical (unpaired) electrons. The van der Waals surface area contributed by atoms with E-state index in [-0.39, 0.29) is 12.2 Å². The summed E-state index contributed by atoms with van der Waals surface area (Å²) in [7, 11) is 1.58. The lowest BCUT2D eigenvalue weighted by molar-refractivity contribution is -0.139. The summed E-state index contributed by atoms with van der Waals surface area (Å²) in [6.45, 7) is 8.18. The number of hydrogen-bond donors (Lipinski definition) is 0. The first-order valence-corrected chi connectivity index (χ1v) is 15.1. The number of aromatic nitrogens is 1. The van der Waals surface area contributed by atoms with Crippen LogP contribution in [0.5, 0.6) is 11.5 Å². The molecule has 1 aliphatic rings. The standard InChI is InChI=1S/C33H31BrN2O5S/c1-6-40-32(38)28-21(4)35-33-36(29(28)24-12-10-19(2)11-13-24)31(37)27(42-33)17-23-15-25(34)30(26(16-23)39-5)41-18-22-9-7-8-20(3)14-22/h7-17,29H,6,18H2,1-5H3/b27-17+/t29-/m1/s1. The maximum atomic E-state index is 13.9. The van der Waals surface area contributed by atoms with Gasteiger partial charge in [-0.25, -0.2) is 9.79 Å². The summed E-state index contributed by atoms with van der Waals surface area (Å²) in [5.74, 6) is 0.634. The quantitative estimate of drug-likeness (QED) is 0.227. The first-order valence-electron chi connectivity index (χ1n) is 13.5. The predicted octanol–water partition coefficient (Wildman–Crippen LogP) is 5.77. The van der Waals surface area contributed by atoms with Crippen LogP contribution >= 0.6 is 27.3 Å². The second-order valence-electron chi connectivity index (χ2n) is 10.0. The normalized spacial score (nSPS) is 14.8.